The largest absolute Gasteiger partial charge is 0.319 e. The molecule has 1 N–H and O–H groups in total. The normalized spacial score (nSPS) is 10.7. The summed E-state index contributed by atoms with van der Waals surface area (Å²) in [4.78, 5) is 16.8. The maximum Gasteiger partial charge on any atom is 0.256 e. The third kappa shape index (κ3) is 2.65. The molecule has 0 fully saturated rings. The zero-order chi connectivity index (χ0) is 15.7. The molecular formula is C17H12F2N2O. The molecule has 3 nitrogen and oxygen atoms in total. The molecule has 5 heteroatoms. The predicted octanol–water partition coefficient (Wildman–Crippen LogP) is 4.07. The van der Waals surface area contributed by atoms with Crippen LogP contribution in [0.5, 0.6) is 0 Å². The van der Waals surface area contributed by atoms with Crippen LogP contribution in [0.15, 0.2) is 48.5 Å². The van der Waals surface area contributed by atoms with Crippen molar-refractivity contribution in [2.75, 3.05) is 5.32 Å². The van der Waals surface area contributed by atoms with Crippen molar-refractivity contribution in [2.24, 2.45) is 0 Å². The summed E-state index contributed by atoms with van der Waals surface area (Å²) in [6.45, 7) is 1.78. The number of aryl methyl sites for hydroxylation is 1. The first-order valence-electron chi connectivity index (χ1n) is 6.67. The van der Waals surface area contributed by atoms with Crippen LogP contribution in [0.1, 0.15) is 16.1 Å². The number of fused-ring (bicyclic) bond motifs is 1. The van der Waals surface area contributed by atoms with Gasteiger partial charge < -0.3 is 5.32 Å². The topological polar surface area (TPSA) is 42.0 Å². The van der Waals surface area contributed by atoms with E-state index in [2.05, 4.69) is 10.3 Å². The summed E-state index contributed by atoms with van der Waals surface area (Å²) in [5.74, 6) is -1.98. The Labute approximate surface area is 125 Å². The Bertz CT molecular complexity index is 878. The van der Waals surface area contributed by atoms with Gasteiger partial charge in [0.05, 0.1) is 16.8 Å². The van der Waals surface area contributed by atoms with Crippen LogP contribution in [0.3, 0.4) is 0 Å². The second-order valence-electron chi connectivity index (χ2n) is 4.91. The minimum atomic E-state index is -0.816. The zero-order valence-corrected chi connectivity index (χ0v) is 11.7. The lowest BCUT2D eigenvalue weighted by molar-refractivity contribution is 0.102. The zero-order valence-electron chi connectivity index (χ0n) is 11.7. The molecule has 3 aromatic rings. The number of halogens is 2. The van der Waals surface area contributed by atoms with Crippen molar-refractivity contribution in [1.82, 2.24) is 4.98 Å². The number of nitrogens with one attached hydrogen (secondary N) is 1. The van der Waals surface area contributed by atoms with Gasteiger partial charge in [-0.2, -0.15) is 0 Å². The van der Waals surface area contributed by atoms with Crippen LogP contribution in [-0.4, -0.2) is 10.9 Å². The average molecular weight is 298 g/mol. The fourth-order valence-corrected chi connectivity index (χ4v) is 2.28. The molecule has 0 saturated carbocycles. The number of pyridine rings is 1. The van der Waals surface area contributed by atoms with E-state index in [0.29, 0.717) is 22.2 Å². The van der Waals surface area contributed by atoms with E-state index in [1.165, 1.54) is 6.07 Å². The molecule has 3 rings (SSSR count). The summed E-state index contributed by atoms with van der Waals surface area (Å²) in [5, 5.41) is 3.14. The molecule has 0 atom stereocenters. The highest BCUT2D eigenvalue weighted by molar-refractivity contribution is 6.12. The lowest BCUT2D eigenvalue weighted by Gasteiger charge is -2.09. The number of rotatable bonds is 2. The number of aromatic nitrogens is 1. The number of para-hydroxylation sites is 1. The minimum Gasteiger partial charge on any atom is -0.319 e. The third-order valence-electron chi connectivity index (χ3n) is 3.27. The van der Waals surface area contributed by atoms with E-state index >= 15 is 0 Å². The predicted molar refractivity (Wildman–Crippen MR) is 80.8 cm³/mol. The standard InChI is InChI=1S/C17H12F2N2O/c1-10-8-13(12-4-2-3-5-15(12)20-10)17(22)21-16-7-6-11(18)9-14(16)19/h2-9H,1H3,(H,21,22). The number of anilines is 1. The Kier molecular flexibility index (Phi) is 3.55. The lowest BCUT2D eigenvalue weighted by Crippen LogP contribution is -2.14. The van der Waals surface area contributed by atoms with Crippen molar-refractivity contribution in [3.8, 4) is 0 Å². The van der Waals surface area contributed by atoms with Crippen LogP contribution in [0, 0.1) is 18.6 Å². The molecule has 0 radical (unpaired) electrons. The maximum atomic E-state index is 13.7. The molecule has 0 aliphatic rings. The van der Waals surface area contributed by atoms with Crippen molar-refractivity contribution in [3.63, 3.8) is 0 Å². The molecule has 0 bridgehead atoms. The van der Waals surface area contributed by atoms with Crippen LogP contribution in [0.25, 0.3) is 10.9 Å². The number of carbonyl (C=O) groups is 1. The monoisotopic (exact) mass is 298 g/mol. The van der Waals surface area contributed by atoms with Gasteiger partial charge >= 0.3 is 0 Å². The van der Waals surface area contributed by atoms with Crippen LogP contribution in [0.4, 0.5) is 14.5 Å². The van der Waals surface area contributed by atoms with Gasteiger partial charge in [-0.25, -0.2) is 8.78 Å². The first kappa shape index (κ1) is 14.1. The Morgan fingerprint density at radius 2 is 1.86 bits per heavy atom. The third-order valence-corrected chi connectivity index (χ3v) is 3.27. The molecule has 1 amide bonds. The second kappa shape index (κ2) is 5.52. The average Bonchev–Trinajstić information content (AvgIpc) is 2.49. The SMILES string of the molecule is Cc1cc(C(=O)Nc2ccc(F)cc2F)c2ccccc2n1. The molecule has 1 aromatic heterocycles. The summed E-state index contributed by atoms with van der Waals surface area (Å²) < 4.78 is 26.6. The fraction of sp³-hybridized carbons (Fsp3) is 0.0588. The first-order chi connectivity index (χ1) is 10.5. The van der Waals surface area contributed by atoms with Gasteiger partial charge in [0.2, 0.25) is 0 Å². The van der Waals surface area contributed by atoms with E-state index in [1.807, 2.05) is 6.07 Å². The molecule has 0 saturated heterocycles. The van der Waals surface area contributed by atoms with E-state index in [9.17, 15) is 13.6 Å². The highest BCUT2D eigenvalue weighted by Gasteiger charge is 2.14. The number of benzene rings is 2. The Morgan fingerprint density at radius 3 is 2.64 bits per heavy atom. The number of amides is 1. The van der Waals surface area contributed by atoms with Gasteiger partial charge in [-0.1, -0.05) is 18.2 Å². The van der Waals surface area contributed by atoms with Gasteiger partial charge in [0.1, 0.15) is 11.6 Å². The van der Waals surface area contributed by atoms with Crippen LogP contribution in [0.2, 0.25) is 0 Å². The molecule has 0 spiro atoms. The molecule has 0 unspecified atom stereocenters. The molecule has 0 aliphatic carbocycles. The van der Waals surface area contributed by atoms with E-state index in [4.69, 9.17) is 0 Å². The quantitative estimate of drug-likeness (QED) is 0.774. The molecule has 22 heavy (non-hydrogen) atoms. The Hall–Kier alpha value is -2.82. The van der Waals surface area contributed by atoms with E-state index < -0.39 is 17.5 Å². The minimum absolute atomic E-state index is 0.0649. The van der Waals surface area contributed by atoms with E-state index in [-0.39, 0.29) is 5.69 Å². The first-order valence-corrected chi connectivity index (χ1v) is 6.67. The maximum absolute atomic E-state index is 13.7. The summed E-state index contributed by atoms with van der Waals surface area (Å²) >= 11 is 0. The highest BCUT2D eigenvalue weighted by atomic mass is 19.1. The van der Waals surface area contributed by atoms with Crippen molar-refractivity contribution < 1.29 is 13.6 Å². The highest BCUT2D eigenvalue weighted by Crippen LogP contribution is 2.21. The number of hydrogen-bond donors (Lipinski definition) is 1. The van der Waals surface area contributed by atoms with E-state index in [1.54, 1.807) is 31.2 Å². The van der Waals surface area contributed by atoms with Crippen LogP contribution >= 0.6 is 0 Å². The van der Waals surface area contributed by atoms with Crippen molar-refractivity contribution in [2.45, 2.75) is 6.92 Å². The van der Waals surface area contributed by atoms with Gasteiger partial charge in [0.15, 0.2) is 0 Å². The molecule has 1 heterocycles. The molecular weight excluding hydrogens is 286 g/mol. The Morgan fingerprint density at radius 1 is 1.09 bits per heavy atom. The van der Waals surface area contributed by atoms with Gasteiger partial charge in [-0.3, -0.25) is 9.78 Å². The van der Waals surface area contributed by atoms with E-state index in [0.717, 1.165) is 12.1 Å². The fourth-order valence-electron chi connectivity index (χ4n) is 2.28. The van der Waals surface area contributed by atoms with Gasteiger partial charge in [-0.05, 0) is 31.2 Å². The number of carbonyl (C=O) groups excluding carboxylic acids is 1. The number of hydrogen-bond acceptors (Lipinski definition) is 2. The smallest absolute Gasteiger partial charge is 0.256 e. The van der Waals surface area contributed by atoms with Crippen LogP contribution < -0.4 is 5.32 Å². The van der Waals surface area contributed by atoms with Crippen molar-refractivity contribution in [1.29, 1.82) is 0 Å². The van der Waals surface area contributed by atoms with Crippen molar-refractivity contribution in [3.05, 3.63) is 71.4 Å². The van der Waals surface area contributed by atoms with Gasteiger partial charge in [0.25, 0.3) is 5.91 Å². The summed E-state index contributed by atoms with van der Waals surface area (Å²) in [6.07, 6.45) is 0. The van der Waals surface area contributed by atoms with Crippen molar-refractivity contribution >= 4 is 22.5 Å². The van der Waals surface area contributed by atoms with Gasteiger partial charge in [0, 0.05) is 17.1 Å². The lowest BCUT2D eigenvalue weighted by atomic mass is 10.1. The Balaban J connectivity index is 2.02. The second-order valence-corrected chi connectivity index (χ2v) is 4.91. The molecule has 0 aliphatic heterocycles. The molecule has 2 aromatic carbocycles. The van der Waals surface area contributed by atoms with Gasteiger partial charge in [-0.15, -0.1) is 0 Å². The summed E-state index contributed by atoms with van der Waals surface area (Å²) in [5.41, 5.74) is 1.70. The number of nitrogens with zero attached hydrogens (tertiary/aromatic N) is 1. The molecule has 110 valence electrons. The summed E-state index contributed by atoms with van der Waals surface area (Å²) in [7, 11) is 0. The summed E-state index contributed by atoms with van der Waals surface area (Å²) in [6, 6.07) is 11.9. The van der Waals surface area contributed by atoms with Crippen LogP contribution in [-0.2, 0) is 0 Å².